The average Bonchev–Trinajstić information content (AvgIpc) is 2.18. The van der Waals surface area contributed by atoms with Crippen LogP contribution in [0.2, 0.25) is 0 Å². The Labute approximate surface area is 105 Å². The lowest BCUT2D eigenvalue weighted by Crippen LogP contribution is -2.53. The first-order valence-electron chi connectivity index (χ1n) is 6.87. The van der Waals surface area contributed by atoms with E-state index in [4.69, 9.17) is 5.11 Å². The first kappa shape index (κ1) is 14.5. The van der Waals surface area contributed by atoms with Gasteiger partial charge in [0.25, 0.3) is 0 Å². The summed E-state index contributed by atoms with van der Waals surface area (Å²) >= 11 is 0. The van der Waals surface area contributed by atoms with Crippen LogP contribution in [0.3, 0.4) is 0 Å². The predicted octanol–water partition coefficient (Wildman–Crippen LogP) is 3.00. The Morgan fingerprint density at radius 3 is 2.41 bits per heavy atom. The largest absolute Gasteiger partial charge is 0.481 e. The molecule has 17 heavy (non-hydrogen) atoms. The highest BCUT2D eigenvalue weighted by molar-refractivity contribution is 5.66. The van der Waals surface area contributed by atoms with E-state index >= 15 is 0 Å². The van der Waals surface area contributed by atoms with Gasteiger partial charge in [0.2, 0.25) is 0 Å². The summed E-state index contributed by atoms with van der Waals surface area (Å²) in [7, 11) is 0. The molecule has 1 saturated heterocycles. The molecule has 1 fully saturated rings. The highest BCUT2D eigenvalue weighted by Crippen LogP contribution is 2.29. The number of carbonyl (C=O) groups is 1. The van der Waals surface area contributed by atoms with Crippen molar-refractivity contribution < 1.29 is 9.90 Å². The molecule has 1 rings (SSSR count). The molecule has 1 atom stereocenters. The van der Waals surface area contributed by atoms with Crippen molar-refractivity contribution in [3.63, 3.8) is 0 Å². The summed E-state index contributed by atoms with van der Waals surface area (Å²) in [4.78, 5) is 13.1. The Morgan fingerprint density at radius 1 is 1.29 bits per heavy atom. The summed E-state index contributed by atoms with van der Waals surface area (Å²) in [5, 5.41) is 8.72. The number of rotatable bonds is 8. The topological polar surface area (TPSA) is 40.5 Å². The molecule has 1 N–H and O–H groups in total. The van der Waals surface area contributed by atoms with Crippen molar-refractivity contribution in [2.24, 2.45) is 11.3 Å². The third-order valence-corrected chi connectivity index (χ3v) is 3.62. The van der Waals surface area contributed by atoms with Gasteiger partial charge in [-0.3, -0.25) is 4.79 Å². The van der Waals surface area contributed by atoms with Crippen LogP contribution < -0.4 is 0 Å². The lowest BCUT2D eigenvalue weighted by molar-refractivity contribution is -0.137. The molecule has 0 aliphatic carbocycles. The molecule has 0 spiro atoms. The van der Waals surface area contributed by atoms with E-state index < -0.39 is 5.97 Å². The van der Waals surface area contributed by atoms with E-state index in [1.165, 1.54) is 19.5 Å². The lowest BCUT2D eigenvalue weighted by Gasteiger charge is -2.46. The molecule has 0 saturated carbocycles. The van der Waals surface area contributed by atoms with Gasteiger partial charge in [-0.1, -0.05) is 33.6 Å². The highest BCUT2D eigenvalue weighted by Gasteiger charge is 2.33. The van der Waals surface area contributed by atoms with Crippen molar-refractivity contribution in [2.45, 2.75) is 52.9 Å². The number of aliphatic carboxylic acids is 1. The predicted molar refractivity (Wildman–Crippen MR) is 70.1 cm³/mol. The summed E-state index contributed by atoms with van der Waals surface area (Å²) in [5.74, 6) is -0.0593. The fourth-order valence-electron chi connectivity index (χ4n) is 2.86. The number of likely N-dealkylation sites (tertiary alicyclic amines) is 1. The molecular formula is C14H27NO2. The smallest absolute Gasteiger partial charge is 0.303 e. The zero-order valence-corrected chi connectivity index (χ0v) is 11.5. The molecule has 1 aliphatic heterocycles. The lowest BCUT2D eigenvalue weighted by atomic mass is 9.83. The summed E-state index contributed by atoms with van der Waals surface area (Å²) in [6, 6.07) is 0. The fourth-order valence-corrected chi connectivity index (χ4v) is 2.86. The molecule has 0 aromatic carbocycles. The Kier molecular flexibility index (Phi) is 5.44. The Bertz CT molecular complexity index is 243. The molecule has 0 bridgehead atoms. The van der Waals surface area contributed by atoms with E-state index in [1.807, 2.05) is 0 Å². The minimum absolute atomic E-state index is 0.330. The van der Waals surface area contributed by atoms with Crippen LogP contribution in [0.4, 0.5) is 0 Å². The maximum Gasteiger partial charge on any atom is 0.303 e. The van der Waals surface area contributed by atoms with Crippen LogP contribution in [0.5, 0.6) is 0 Å². The van der Waals surface area contributed by atoms with Crippen LogP contribution in [0.15, 0.2) is 0 Å². The van der Waals surface area contributed by atoms with Gasteiger partial charge in [-0.05, 0) is 30.7 Å². The van der Waals surface area contributed by atoms with E-state index in [1.54, 1.807) is 0 Å². The zero-order valence-electron chi connectivity index (χ0n) is 11.5. The number of hydrogen-bond donors (Lipinski definition) is 1. The summed E-state index contributed by atoms with van der Waals surface area (Å²) in [6.07, 6.45) is 4.67. The van der Waals surface area contributed by atoms with Crippen molar-refractivity contribution in [3.05, 3.63) is 0 Å². The van der Waals surface area contributed by atoms with Crippen LogP contribution in [-0.4, -0.2) is 35.6 Å². The minimum atomic E-state index is -0.656. The van der Waals surface area contributed by atoms with Gasteiger partial charge >= 0.3 is 5.97 Å². The number of carboxylic acid groups (broad SMARTS) is 1. The fraction of sp³-hybridized carbons (Fsp3) is 0.929. The molecular weight excluding hydrogens is 214 g/mol. The van der Waals surface area contributed by atoms with Crippen molar-refractivity contribution in [1.82, 2.24) is 4.90 Å². The second-order valence-electron chi connectivity index (χ2n) is 6.25. The van der Waals surface area contributed by atoms with Gasteiger partial charge in [-0.15, -0.1) is 0 Å². The molecule has 100 valence electrons. The van der Waals surface area contributed by atoms with Gasteiger partial charge in [0.1, 0.15) is 0 Å². The standard InChI is InChI=1S/C14H27NO2/c1-4-5-12(6-7-13(16)17)8-9-15-10-14(2,3)11-15/h12H,4-11H2,1-3H3,(H,16,17). The van der Waals surface area contributed by atoms with Gasteiger partial charge in [-0.25, -0.2) is 0 Å². The second kappa shape index (κ2) is 6.39. The summed E-state index contributed by atoms with van der Waals surface area (Å²) in [5.41, 5.74) is 0.501. The second-order valence-corrected chi connectivity index (χ2v) is 6.25. The molecule has 3 nitrogen and oxygen atoms in total. The zero-order chi connectivity index (χ0) is 12.9. The van der Waals surface area contributed by atoms with E-state index in [-0.39, 0.29) is 0 Å². The third kappa shape index (κ3) is 5.53. The first-order valence-corrected chi connectivity index (χ1v) is 6.87. The minimum Gasteiger partial charge on any atom is -0.481 e. The number of hydrogen-bond acceptors (Lipinski definition) is 2. The summed E-state index contributed by atoms with van der Waals surface area (Å²) in [6.45, 7) is 10.3. The van der Waals surface area contributed by atoms with Gasteiger partial charge in [-0.2, -0.15) is 0 Å². The van der Waals surface area contributed by atoms with E-state index in [2.05, 4.69) is 25.7 Å². The highest BCUT2D eigenvalue weighted by atomic mass is 16.4. The van der Waals surface area contributed by atoms with Crippen LogP contribution in [0.1, 0.15) is 52.9 Å². The SMILES string of the molecule is CCCC(CCC(=O)O)CCN1CC(C)(C)C1. The molecule has 0 aromatic heterocycles. The van der Waals surface area contributed by atoms with Gasteiger partial charge < -0.3 is 10.0 Å². The Morgan fingerprint density at radius 2 is 1.94 bits per heavy atom. The molecule has 0 amide bonds. The molecule has 1 heterocycles. The average molecular weight is 241 g/mol. The van der Waals surface area contributed by atoms with E-state index in [0.29, 0.717) is 17.8 Å². The van der Waals surface area contributed by atoms with Gasteiger partial charge in [0, 0.05) is 19.5 Å². The normalized spacial score (nSPS) is 20.9. The molecule has 1 aliphatic rings. The van der Waals surface area contributed by atoms with Crippen molar-refractivity contribution in [3.8, 4) is 0 Å². The van der Waals surface area contributed by atoms with Gasteiger partial charge in [0.05, 0.1) is 0 Å². The monoisotopic (exact) mass is 241 g/mol. The molecule has 0 aromatic rings. The van der Waals surface area contributed by atoms with E-state index in [9.17, 15) is 4.79 Å². The van der Waals surface area contributed by atoms with Gasteiger partial charge in [0.15, 0.2) is 0 Å². The summed E-state index contributed by atoms with van der Waals surface area (Å²) < 4.78 is 0. The Balaban J connectivity index is 2.18. The van der Waals surface area contributed by atoms with Crippen molar-refractivity contribution in [2.75, 3.05) is 19.6 Å². The van der Waals surface area contributed by atoms with Crippen LogP contribution in [-0.2, 0) is 4.79 Å². The maximum atomic E-state index is 10.6. The number of carboxylic acids is 1. The first-order chi connectivity index (χ1) is 7.93. The van der Waals surface area contributed by atoms with Crippen LogP contribution in [0.25, 0.3) is 0 Å². The quantitative estimate of drug-likeness (QED) is 0.710. The molecule has 0 radical (unpaired) electrons. The third-order valence-electron chi connectivity index (χ3n) is 3.62. The van der Waals surface area contributed by atoms with Crippen LogP contribution >= 0.6 is 0 Å². The maximum absolute atomic E-state index is 10.6. The van der Waals surface area contributed by atoms with E-state index in [0.717, 1.165) is 25.8 Å². The molecule has 3 heteroatoms. The van der Waals surface area contributed by atoms with Crippen molar-refractivity contribution >= 4 is 5.97 Å². The number of nitrogens with zero attached hydrogens (tertiary/aromatic N) is 1. The molecule has 1 unspecified atom stereocenters. The van der Waals surface area contributed by atoms with Crippen LogP contribution in [0, 0.1) is 11.3 Å². The Hall–Kier alpha value is -0.570. The van der Waals surface area contributed by atoms with Crippen molar-refractivity contribution in [1.29, 1.82) is 0 Å².